The fourth-order valence-corrected chi connectivity index (χ4v) is 1.63. The predicted octanol–water partition coefficient (Wildman–Crippen LogP) is 1.91. The molecule has 0 atom stereocenters. The van der Waals surface area contributed by atoms with E-state index in [1.54, 1.807) is 31.2 Å². The Hall–Kier alpha value is -2.43. The van der Waals surface area contributed by atoms with Crippen molar-refractivity contribution in [3.63, 3.8) is 0 Å². The Morgan fingerprint density at radius 1 is 1.22 bits per heavy atom. The van der Waals surface area contributed by atoms with Gasteiger partial charge in [-0.05, 0) is 6.92 Å². The second-order valence-corrected chi connectivity index (χ2v) is 3.94. The molecule has 0 aliphatic rings. The molecule has 0 aliphatic carbocycles. The first-order valence-electron chi connectivity index (χ1n) is 5.52. The first kappa shape index (κ1) is 12.0. The summed E-state index contributed by atoms with van der Waals surface area (Å²) in [6, 6.07) is 8.90. The lowest BCUT2D eigenvalue weighted by Gasteiger charge is -1.97. The topological polar surface area (TPSA) is 74.8 Å². The van der Waals surface area contributed by atoms with Crippen molar-refractivity contribution in [2.45, 2.75) is 13.8 Å². The Morgan fingerprint density at radius 2 is 1.89 bits per heavy atom. The van der Waals surface area contributed by atoms with Gasteiger partial charge in [0.2, 0.25) is 17.6 Å². The van der Waals surface area contributed by atoms with Crippen molar-refractivity contribution in [3.8, 4) is 0 Å². The maximum Gasteiger partial charge on any atom is 0.223 e. The number of anilines is 1. The fourth-order valence-electron chi connectivity index (χ4n) is 1.63. The summed E-state index contributed by atoms with van der Waals surface area (Å²) >= 11 is 0. The molecule has 0 saturated heterocycles. The number of benzene rings is 1. The van der Waals surface area contributed by atoms with Crippen molar-refractivity contribution in [1.29, 1.82) is 0 Å². The summed E-state index contributed by atoms with van der Waals surface area (Å²) in [5.74, 6) is -0.109. The Morgan fingerprint density at radius 3 is 2.50 bits per heavy atom. The first-order valence-corrected chi connectivity index (χ1v) is 5.52. The average Bonchev–Trinajstić information content (AvgIpc) is 2.69. The molecule has 92 valence electrons. The van der Waals surface area contributed by atoms with E-state index in [0.717, 1.165) is 0 Å². The summed E-state index contributed by atoms with van der Waals surface area (Å²) in [6.45, 7) is 3.13. The van der Waals surface area contributed by atoms with E-state index in [-0.39, 0.29) is 11.7 Å². The van der Waals surface area contributed by atoms with E-state index in [9.17, 15) is 9.59 Å². The van der Waals surface area contributed by atoms with Crippen molar-refractivity contribution in [3.05, 3.63) is 47.3 Å². The summed E-state index contributed by atoms with van der Waals surface area (Å²) in [6.07, 6.45) is 0. The quantitative estimate of drug-likeness (QED) is 0.808. The van der Waals surface area contributed by atoms with Crippen LogP contribution in [0, 0.1) is 6.92 Å². The third-order valence-electron chi connectivity index (χ3n) is 2.43. The summed E-state index contributed by atoms with van der Waals surface area (Å²) in [4.78, 5) is 30.0. The molecule has 5 heteroatoms. The van der Waals surface area contributed by atoms with Crippen LogP contribution < -0.4 is 5.32 Å². The minimum absolute atomic E-state index is 0.166. The van der Waals surface area contributed by atoms with Crippen LogP contribution in [-0.2, 0) is 4.79 Å². The number of carbonyl (C=O) groups is 2. The summed E-state index contributed by atoms with van der Waals surface area (Å²) in [7, 11) is 0. The molecule has 2 rings (SSSR count). The van der Waals surface area contributed by atoms with Gasteiger partial charge in [0.1, 0.15) is 5.69 Å². The van der Waals surface area contributed by atoms with Crippen LogP contribution in [-0.4, -0.2) is 21.7 Å². The second-order valence-electron chi connectivity index (χ2n) is 3.94. The number of rotatable bonds is 3. The van der Waals surface area contributed by atoms with Gasteiger partial charge < -0.3 is 4.98 Å². The van der Waals surface area contributed by atoms with Crippen LogP contribution in [0.3, 0.4) is 0 Å². The van der Waals surface area contributed by atoms with E-state index in [4.69, 9.17) is 0 Å². The molecule has 0 spiro atoms. The molecule has 5 nitrogen and oxygen atoms in total. The highest BCUT2D eigenvalue weighted by Gasteiger charge is 2.16. The molecule has 0 fully saturated rings. The molecular weight excluding hydrogens is 230 g/mol. The SMILES string of the molecule is CC(=O)Nc1nc(C(=O)c2ccccc2)c(C)[nH]1. The Balaban J connectivity index is 2.31. The molecule has 2 N–H and O–H groups in total. The highest BCUT2D eigenvalue weighted by atomic mass is 16.1. The minimum atomic E-state index is -0.234. The number of aromatic amines is 1. The number of nitrogens with zero attached hydrogens (tertiary/aromatic N) is 1. The third kappa shape index (κ3) is 2.45. The molecule has 1 aromatic carbocycles. The number of hydrogen-bond donors (Lipinski definition) is 2. The largest absolute Gasteiger partial charge is 0.327 e. The maximum atomic E-state index is 12.2. The van der Waals surface area contributed by atoms with E-state index >= 15 is 0 Å². The highest BCUT2D eigenvalue weighted by molar-refractivity contribution is 6.08. The smallest absolute Gasteiger partial charge is 0.223 e. The molecule has 0 saturated carbocycles. The predicted molar refractivity (Wildman–Crippen MR) is 67.5 cm³/mol. The lowest BCUT2D eigenvalue weighted by atomic mass is 10.1. The molecule has 0 unspecified atom stereocenters. The van der Waals surface area contributed by atoms with Gasteiger partial charge in [-0.3, -0.25) is 14.9 Å². The number of carbonyl (C=O) groups excluding carboxylic acids is 2. The van der Waals surface area contributed by atoms with Crippen molar-refractivity contribution in [2.24, 2.45) is 0 Å². The maximum absolute atomic E-state index is 12.2. The van der Waals surface area contributed by atoms with Gasteiger partial charge in [-0.2, -0.15) is 0 Å². The molecule has 0 bridgehead atoms. The van der Waals surface area contributed by atoms with E-state index in [1.807, 2.05) is 6.07 Å². The zero-order chi connectivity index (χ0) is 13.1. The van der Waals surface area contributed by atoms with Gasteiger partial charge in [0, 0.05) is 18.2 Å². The Bertz CT molecular complexity index is 588. The van der Waals surface area contributed by atoms with Crippen molar-refractivity contribution >= 4 is 17.6 Å². The van der Waals surface area contributed by atoms with Gasteiger partial charge >= 0.3 is 0 Å². The molecule has 1 heterocycles. The van der Waals surface area contributed by atoms with Gasteiger partial charge in [-0.15, -0.1) is 0 Å². The lowest BCUT2D eigenvalue weighted by molar-refractivity contribution is -0.114. The standard InChI is InChI=1S/C13H13N3O2/c1-8-11(16-13(14-8)15-9(2)17)12(18)10-6-4-3-5-7-10/h3-7H,1-2H3,(H2,14,15,16,17). The number of amides is 1. The van der Waals surface area contributed by atoms with Crippen molar-refractivity contribution in [2.75, 3.05) is 5.32 Å². The zero-order valence-electron chi connectivity index (χ0n) is 10.2. The molecular formula is C13H13N3O2. The summed E-state index contributed by atoms with van der Waals surface area (Å²) < 4.78 is 0. The van der Waals surface area contributed by atoms with E-state index in [0.29, 0.717) is 22.9 Å². The van der Waals surface area contributed by atoms with Gasteiger partial charge in [-0.1, -0.05) is 30.3 Å². The normalized spacial score (nSPS) is 10.1. The lowest BCUT2D eigenvalue weighted by Crippen LogP contribution is -2.07. The number of aromatic nitrogens is 2. The first-order chi connectivity index (χ1) is 8.58. The minimum Gasteiger partial charge on any atom is -0.327 e. The monoisotopic (exact) mass is 243 g/mol. The van der Waals surface area contributed by atoms with E-state index in [1.165, 1.54) is 6.92 Å². The third-order valence-corrected chi connectivity index (χ3v) is 2.43. The molecule has 0 radical (unpaired) electrons. The molecule has 18 heavy (non-hydrogen) atoms. The van der Waals surface area contributed by atoms with Gasteiger partial charge in [0.05, 0.1) is 0 Å². The van der Waals surface area contributed by atoms with Crippen LogP contribution in [0.1, 0.15) is 28.7 Å². The van der Waals surface area contributed by atoms with Crippen molar-refractivity contribution < 1.29 is 9.59 Å². The number of aryl methyl sites for hydroxylation is 1. The summed E-state index contributed by atoms with van der Waals surface area (Å²) in [5.41, 5.74) is 1.53. The van der Waals surface area contributed by atoms with Crippen LogP contribution in [0.4, 0.5) is 5.95 Å². The zero-order valence-corrected chi connectivity index (χ0v) is 10.2. The number of hydrogen-bond acceptors (Lipinski definition) is 3. The van der Waals surface area contributed by atoms with E-state index < -0.39 is 0 Å². The van der Waals surface area contributed by atoms with Gasteiger partial charge in [0.15, 0.2) is 0 Å². The van der Waals surface area contributed by atoms with Gasteiger partial charge in [0.25, 0.3) is 0 Å². The van der Waals surface area contributed by atoms with Crippen LogP contribution in [0.25, 0.3) is 0 Å². The van der Waals surface area contributed by atoms with Crippen molar-refractivity contribution in [1.82, 2.24) is 9.97 Å². The molecule has 0 aliphatic heterocycles. The molecule has 2 aromatic rings. The average molecular weight is 243 g/mol. The van der Waals surface area contributed by atoms with Crippen LogP contribution in [0.5, 0.6) is 0 Å². The molecule has 1 amide bonds. The Kier molecular flexibility index (Phi) is 3.23. The van der Waals surface area contributed by atoms with Crippen LogP contribution in [0.15, 0.2) is 30.3 Å². The highest BCUT2D eigenvalue weighted by Crippen LogP contribution is 2.14. The number of ketones is 1. The summed E-state index contributed by atoms with van der Waals surface area (Å²) in [5, 5.41) is 2.51. The number of nitrogens with one attached hydrogen (secondary N) is 2. The number of H-pyrrole nitrogens is 1. The second kappa shape index (κ2) is 4.83. The molecule has 1 aromatic heterocycles. The van der Waals surface area contributed by atoms with Crippen LogP contribution in [0.2, 0.25) is 0 Å². The number of imidazole rings is 1. The van der Waals surface area contributed by atoms with Gasteiger partial charge in [-0.25, -0.2) is 4.98 Å². The fraction of sp³-hybridized carbons (Fsp3) is 0.154. The van der Waals surface area contributed by atoms with E-state index in [2.05, 4.69) is 15.3 Å². The van der Waals surface area contributed by atoms with Crippen LogP contribution >= 0.6 is 0 Å². The Labute approximate surface area is 104 Å².